The molecule has 1 aromatic heterocycles. The highest BCUT2D eigenvalue weighted by Crippen LogP contribution is 2.40. The molecule has 2 saturated heterocycles. The van der Waals surface area contributed by atoms with E-state index in [-0.39, 0.29) is 18.3 Å². The minimum absolute atomic E-state index is 0.0732. The number of hydrogen-bond donors (Lipinski definition) is 1. The average Bonchev–Trinajstić information content (AvgIpc) is 3.60. The highest BCUT2D eigenvalue weighted by Gasteiger charge is 2.39. The molecule has 5 rings (SSSR count). The Morgan fingerprint density at radius 3 is 2.32 bits per heavy atom. The molecule has 1 aromatic carbocycles. The van der Waals surface area contributed by atoms with Crippen LogP contribution in [0.15, 0.2) is 42.7 Å². The number of piperidine rings is 1. The number of aliphatic hydroxyl groups excluding tert-OH is 1. The SMILES string of the molecule is OC1CCN(c2cc(N3C[C@@H](c4ccccc4)O[C@@H](C4CC4)C3)ncn2)CC1. The molecule has 3 fully saturated rings. The molecular weight excluding hydrogens is 352 g/mol. The van der Waals surface area contributed by atoms with Gasteiger partial charge in [-0.25, -0.2) is 9.97 Å². The van der Waals surface area contributed by atoms with Gasteiger partial charge >= 0.3 is 0 Å². The fraction of sp³-hybridized carbons (Fsp3) is 0.545. The predicted molar refractivity (Wildman–Crippen MR) is 108 cm³/mol. The summed E-state index contributed by atoms with van der Waals surface area (Å²) in [6.45, 7) is 3.39. The molecule has 6 heteroatoms. The normalized spacial score (nSPS) is 26.5. The Labute approximate surface area is 166 Å². The number of morpholine rings is 1. The molecule has 2 aliphatic heterocycles. The summed E-state index contributed by atoms with van der Waals surface area (Å²) in [6.07, 6.45) is 5.98. The van der Waals surface area contributed by atoms with Crippen LogP contribution in [0, 0.1) is 5.92 Å². The largest absolute Gasteiger partial charge is 0.393 e. The van der Waals surface area contributed by atoms with E-state index in [0.29, 0.717) is 5.92 Å². The summed E-state index contributed by atoms with van der Waals surface area (Å²) in [6, 6.07) is 12.6. The smallest absolute Gasteiger partial charge is 0.134 e. The first-order chi connectivity index (χ1) is 13.8. The second kappa shape index (κ2) is 7.68. The minimum Gasteiger partial charge on any atom is -0.393 e. The van der Waals surface area contributed by atoms with Crippen LogP contribution in [0.4, 0.5) is 11.6 Å². The van der Waals surface area contributed by atoms with Gasteiger partial charge < -0.3 is 19.6 Å². The number of hydrogen-bond acceptors (Lipinski definition) is 6. The van der Waals surface area contributed by atoms with Crippen molar-refractivity contribution in [2.75, 3.05) is 36.0 Å². The number of ether oxygens (including phenoxy) is 1. The minimum atomic E-state index is -0.178. The molecule has 0 unspecified atom stereocenters. The van der Waals surface area contributed by atoms with Crippen LogP contribution < -0.4 is 9.80 Å². The Hall–Kier alpha value is -2.18. The first kappa shape index (κ1) is 17.9. The molecule has 0 bridgehead atoms. The summed E-state index contributed by atoms with van der Waals surface area (Å²) in [4.78, 5) is 13.7. The molecule has 2 aromatic rings. The molecule has 1 saturated carbocycles. The predicted octanol–water partition coefficient (Wildman–Crippen LogP) is 2.79. The molecule has 6 nitrogen and oxygen atoms in total. The lowest BCUT2D eigenvalue weighted by atomic mass is 10.0. The van der Waals surface area contributed by atoms with Crippen molar-refractivity contribution in [2.24, 2.45) is 5.92 Å². The number of aliphatic hydroxyl groups is 1. The first-order valence-electron chi connectivity index (χ1n) is 10.5. The molecule has 1 N–H and O–H groups in total. The number of anilines is 2. The molecule has 0 radical (unpaired) electrons. The summed E-state index contributed by atoms with van der Waals surface area (Å²) < 4.78 is 6.48. The summed E-state index contributed by atoms with van der Waals surface area (Å²) in [5.74, 6) is 2.62. The summed E-state index contributed by atoms with van der Waals surface area (Å²) in [5, 5.41) is 9.78. The Balaban J connectivity index is 1.37. The molecule has 0 amide bonds. The van der Waals surface area contributed by atoms with Gasteiger partial charge in [-0.1, -0.05) is 30.3 Å². The van der Waals surface area contributed by atoms with Gasteiger partial charge in [0.15, 0.2) is 0 Å². The van der Waals surface area contributed by atoms with E-state index in [0.717, 1.165) is 50.7 Å². The van der Waals surface area contributed by atoms with Gasteiger partial charge in [-0.05, 0) is 37.2 Å². The first-order valence-corrected chi connectivity index (χ1v) is 10.5. The van der Waals surface area contributed by atoms with Gasteiger partial charge in [0.05, 0.1) is 12.2 Å². The lowest BCUT2D eigenvalue weighted by Gasteiger charge is -2.39. The lowest BCUT2D eigenvalue weighted by molar-refractivity contribution is -0.0387. The van der Waals surface area contributed by atoms with Crippen LogP contribution in [0.25, 0.3) is 0 Å². The van der Waals surface area contributed by atoms with Gasteiger partial charge in [0, 0.05) is 32.2 Å². The zero-order valence-corrected chi connectivity index (χ0v) is 16.2. The van der Waals surface area contributed by atoms with E-state index >= 15 is 0 Å². The van der Waals surface area contributed by atoms with Crippen molar-refractivity contribution in [1.29, 1.82) is 0 Å². The Morgan fingerprint density at radius 1 is 0.893 bits per heavy atom. The van der Waals surface area contributed by atoms with Crippen LogP contribution in [-0.4, -0.2) is 53.5 Å². The van der Waals surface area contributed by atoms with Gasteiger partial charge in [0.1, 0.15) is 24.1 Å². The maximum Gasteiger partial charge on any atom is 0.134 e. The third-order valence-electron chi connectivity index (χ3n) is 6.20. The van der Waals surface area contributed by atoms with Crippen molar-refractivity contribution >= 4 is 11.6 Å². The van der Waals surface area contributed by atoms with Crippen LogP contribution in [0.2, 0.25) is 0 Å². The number of aromatic nitrogens is 2. The maximum atomic E-state index is 9.78. The molecule has 28 heavy (non-hydrogen) atoms. The van der Waals surface area contributed by atoms with Gasteiger partial charge in [-0.3, -0.25) is 0 Å². The van der Waals surface area contributed by atoms with E-state index < -0.39 is 0 Å². The van der Waals surface area contributed by atoms with Crippen molar-refractivity contribution in [3.8, 4) is 0 Å². The highest BCUT2D eigenvalue weighted by molar-refractivity contribution is 5.51. The second-order valence-electron chi connectivity index (χ2n) is 8.27. The lowest BCUT2D eigenvalue weighted by Crippen LogP contribution is -2.45. The standard InChI is InChI=1S/C22H28N4O2/c27-18-8-10-25(11-9-18)21-12-22(24-15-23-21)26-13-19(16-4-2-1-3-5-16)28-20(14-26)17-6-7-17/h1-5,12,15,17-20,27H,6-11,13-14H2/t19-,20+/m0/s1. The van der Waals surface area contributed by atoms with Gasteiger partial charge in [0.2, 0.25) is 0 Å². The third kappa shape index (κ3) is 3.84. The molecule has 0 spiro atoms. The van der Waals surface area contributed by atoms with Gasteiger partial charge in [0.25, 0.3) is 0 Å². The van der Waals surface area contributed by atoms with E-state index in [2.05, 4.69) is 56.2 Å². The molecule has 3 aliphatic rings. The van der Waals surface area contributed by atoms with Crippen LogP contribution in [0.3, 0.4) is 0 Å². The van der Waals surface area contributed by atoms with Gasteiger partial charge in [-0.2, -0.15) is 0 Å². The summed E-state index contributed by atoms with van der Waals surface area (Å²) in [5.41, 5.74) is 1.23. The summed E-state index contributed by atoms with van der Waals surface area (Å²) >= 11 is 0. The van der Waals surface area contributed by atoms with Crippen molar-refractivity contribution in [2.45, 2.75) is 44.0 Å². The monoisotopic (exact) mass is 380 g/mol. The van der Waals surface area contributed by atoms with Crippen LogP contribution in [0.5, 0.6) is 0 Å². The van der Waals surface area contributed by atoms with Crippen LogP contribution >= 0.6 is 0 Å². The highest BCUT2D eigenvalue weighted by atomic mass is 16.5. The average molecular weight is 380 g/mol. The van der Waals surface area contributed by atoms with Crippen molar-refractivity contribution in [3.05, 3.63) is 48.3 Å². The molecule has 3 heterocycles. The third-order valence-corrected chi connectivity index (χ3v) is 6.20. The Kier molecular flexibility index (Phi) is 4.91. The van der Waals surface area contributed by atoms with Gasteiger partial charge in [-0.15, -0.1) is 0 Å². The van der Waals surface area contributed by atoms with Crippen molar-refractivity contribution in [3.63, 3.8) is 0 Å². The second-order valence-corrected chi connectivity index (χ2v) is 8.27. The van der Waals surface area contributed by atoms with E-state index in [1.165, 1.54) is 18.4 Å². The Morgan fingerprint density at radius 2 is 1.61 bits per heavy atom. The molecule has 1 aliphatic carbocycles. The topological polar surface area (TPSA) is 61.7 Å². The maximum absolute atomic E-state index is 9.78. The fourth-order valence-electron chi connectivity index (χ4n) is 4.33. The molecule has 2 atom stereocenters. The van der Waals surface area contributed by atoms with Crippen molar-refractivity contribution in [1.82, 2.24) is 9.97 Å². The number of nitrogens with zero attached hydrogens (tertiary/aromatic N) is 4. The zero-order chi connectivity index (χ0) is 18.9. The Bertz CT molecular complexity index is 790. The van der Waals surface area contributed by atoms with Crippen molar-refractivity contribution < 1.29 is 9.84 Å². The number of rotatable bonds is 4. The van der Waals surface area contributed by atoms with E-state index in [9.17, 15) is 5.11 Å². The zero-order valence-electron chi connectivity index (χ0n) is 16.2. The quantitative estimate of drug-likeness (QED) is 0.880. The fourth-order valence-corrected chi connectivity index (χ4v) is 4.33. The number of benzene rings is 1. The van der Waals surface area contributed by atoms with E-state index in [4.69, 9.17) is 4.74 Å². The molecular formula is C22H28N4O2. The van der Waals surface area contributed by atoms with E-state index in [1.807, 2.05) is 0 Å². The van der Waals surface area contributed by atoms with Crippen LogP contribution in [0.1, 0.15) is 37.4 Å². The summed E-state index contributed by atoms with van der Waals surface area (Å²) in [7, 11) is 0. The molecule has 148 valence electrons. The van der Waals surface area contributed by atoms with Crippen LogP contribution in [-0.2, 0) is 4.74 Å². The van der Waals surface area contributed by atoms with E-state index in [1.54, 1.807) is 6.33 Å².